The monoisotopic (exact) mass is 236 g/mol. The molecule has 94 valence electrons. The van der Waals surface area contributed by atoms with Gasteiger partial charge >= 0.3 is 0 Å². The van der Waals surface area contributed by atoms with E-state index in [0.717, 1.165) is 45.1 Å². The van der Waals surface area contributed by atoms with Gasteiger partial charge in [0, 0.05) is 50.6 Å². The van der Waals surface area contributed by atoms with Crippen molar-refractivity contribution in [2.24, 2.45) is 11.7 Å². The quantitative estimate of drug-likeness (QED) is 0.806. The standard InChI is InChI=1S/C12H20N4O/c13-7-11(10-1-6-17-9-10)16-5-4-15-3-2-14-12(15)8-16/h2-3,10-11H,1,4-9,13H2. The highest BCUT2D eigenvalue weighted by Gasteiger charge is 2.31. The summed E-state index contributed by atoms with van der Waals surface area (Å²) in [7, 11) is 0. The van der Waals surface area contributed by atoms with E-state index in [0.29, 0.717) is 18.5 Å². The molecule has 1 aromatic heterocycles. The second kappa shape index (κ2) is 4.76. The molecule has 1 fully saturated rings. The molecular weight excluding hydrogens is 216 g/mol. The third kappa shape index (κ3) is 2.10. The van der Waals surface area contributed by atoms with E-state index in [9.17, 15) is 0 Å². The van der Waals surface area contributed by atoms with Gasteiger partial charge in [0.25, 0.3) is 0 Å². The van der Waals surface area contributed by atoms with Crippen LogP contribution in [0.3, 0.4) is 0 Å². The molecule has 17 heavy (non-hydrogen) atoms. The van der Waals surface area contributed by atoms with E-state index in [1.54, 1.807) is 0 Å². The summed E-state index contributed by atoms with van der Waals surface area (Å²) in [5, 5.41) is 0. The molecule has 5 nitrogen and oxygen atoms in total. The molecule has 0 saturated carbocycles. The normalized spacial score (nSPS) is 27.0. The number of hydrogen-bond acceptors (Lipinski definition) is 4. The lowest BCUT2D eigenvalue weighted by Crippen LogP contribution is -2.49. The van der Waals surface area contributed by atoms with Gasteiger partial charge in [-0.05, 0) is 6.42 Å². The number of fused-ring (bicyclic) bond motifs is 1. The zero-order chi connectivity index (χ0) is 11.7. The van der Waals surface area contributed by atoms with Gasteiger partial charge < -0.3 is 15.0 Å². The van der Waals surface area contributed by atoms with E-state index in [4.69, 9.17) is 10.5 Å². The number of hydrogen-bond donors (Lipinski definition) is 1. The number of imidazole rings is 1. The van der Waals surface area contributed by atoms with E-state index < -0.39 is 0 Å². The topological polar surface area (TPSA) is 56.3 Å². The molecule has 0 radical (unpaired) electrons. The largest absolute Gasteiger partial charge is 0.381 e. The summed E-state index contributed by atoms with van der Waals surface area (Å²) in [4.78, 5) is 6.87. The molecule has 5 heteroatoms. The van der Waals surface area contributed by atoms with Crippen molar-refractivity contribution in [3.63, 3.8) is 0 Å². The summed E-state index contributed by atoms with van der Waals surface area (Å²) in [6.45, 7) is 5.50. The Morgan fingerprint density at radius 2 is 2.47 bits per heavy atom. The van der Waals surface area contributed by atoms with Crippen LogP contribution in [0.2, 0.25) is 0 Å². The number of nitrogens with zero attached hydrogens (tertiary/aromatic N) is 3. The number of aromatic nitrogens is 2. The van der Waals surface area contributed by atoms with Crippen LogP contribution >= 0.6 is 0 Å². The lowest BCUT2D eigenvalue weighted by molar-refractivity contribution is 0.0978. The number of ether oxygens (including phenoxy) is 1. The molecule has 3 heterocycles. The Hall–Kier alpha value is -0.910. The predicted molar refractivity (Wildman–Crippen MR) is 64.4 cm³/mol. The van der Waals surface area contributed by atoms with Crippen molar-refractivity contribution in [2.45, 2.75) is 25.6 Å². The summed E-state index contributed by atoms with van der Waals surface area (Å²) in [6, 6.07) is 0.447. The fraction of sp³-hybridized carbons (Fsp3) is 0.750. The molecule has 2 aliphatic rings. The summed E-state index contributed by atoms with van der Waals surface area (Å²) in [5.74, 6) is 1.76. The van der Waals surface area contributed by atoms with Gasteiger partial charge in [-0.25, -0.2) is 4.98 Å². The summed E-state index contributed by atoms with van der Waals surface area (Å²) in [6.07, 6.45) is 5.09. The van der Waals surface area contributed by atoms with Crippen molar-refractivity contribution in [2.75, 3.05) is 26.3 Å². The third-order valence-electron chi connectivity index (χ3n) is 3.99. The van der Waals surface area contributed by atoms with Crippen molar-refractivity contribution in [1.82, 2.24) is 14.5 Å². The van der Waals surface area contributed by atoms with Crippen LogP contribution in [0.1, 0.15) is 12.2 Å². The third-order valence-corrected chi connectivity index (χ3v) is 3.99. The van der Waals surface area contributed by atoms with Gasteiger partial charge in [0.2, 0.25) is 0 Å². The minimum Gasteiger partial charge on any atom is -0.381 e. The van der Waals surface area contributed by atoms with E-state index in [1.165, 1.54) is 0 Å². The van der Waals surface area contributed by atoms with Gasteiger partial charge in [0.15, 0.2) is 0 Å². The smallest absolute Gasteiger partial charge is 0.122 e. The van der Waals surface area contributed by atoms with Crippen LogP contribution in [0.5, 0.6) is 0 Å². The molecule has 2 unspecified atom stereocenters. The fourth-order valence-corrected chi connectivity index (χ4v) is 2.97. The molecule has 2 aliphatic heterocycles. The van der Waals surface area contributed by atoms with Crippen LogP contribution in [0.15, 0.2) is 12.4 Å². The molecule has 1 aromatic rings. The molecule has 0 amide bonds. The van der Waals surface area contributed by atoms with Crippen molar-refractivity contribution < 1.29 is 4.74 Å². The zero-order valence-electron chi connectivity index (χ0n) is 10.1. The van der Waals surface area contributed by atoms with Gasteiger partial charge in [-0.1, -0.05) is 0 Å². The van der Waals surface area contributed by atoms with E-state index in [2.05, 4.69) is 20.6 Å². The molecule has 1 saturated heterocycles. The van der Waals surface area contributed by atoms with E-state index >= 15 is 0 Å². The van der Waals surface area contributed by atoms with Crippen LogP contribution in [0, 0.1) is 5.92 Å². The Kier molecular flexibility index (Phi) is 3.13. The summed E-state index contributed by atoms with van der Waals surface area (Å²) >= 11 is 0. The average molecular weight is 236 g/mol. The van der Waals surface area contributed by atoms with Crippen molar-refractivity contribution in [3.05, 3.63) is 18.2 Å². The minimum atomic E-state index is 0.447. The first kappa shape index (κ1) is 11.2. The van der Waals surface area contributed by atoms with Gasteiger partial charge in [-0.3, -0.25) is 4.90 Å². The van der Waals surface area contributed by atoms with Crippen LogP contribution < -0.4 is 5.73 Å². The van der Waals surface area contributed by atoms with Gasteiger partial charge in [0.05, 0.1) is 13.2 Å². The highest BCUT2D eigenvalue weighted by Crippen LogP contribution is 2.23. The lowest BCUT2D eigenvalue weighted by Gasteiger charge is -2.36. The van der Waals surface area contributed by atoms with Crippen LogP contribution in [-0.2, 0) is 17.8 Å². The van der Waals surface area contributed by atoms with E-state index in [1.807, 2.05) is 6.20 Å². The molecule has 0 spiro atoms. The van der Waals surface area contributed by atoms with Crippen LogP contribution in [0.4, 0.5) is 0 Å². The van der Waals surface area contributed by atoms with Gasteiger partial charge in [0.1, 0.15) is 5.82 Å². The highest BCUT2D eigenvalue weighted by atomic mass is 16.5. The molecule has 0 bridgehead atoms. The Labute approximate surface area is 102 Å². The second-order valence-electron chi connectivity index (χ2n) is 4.93. The molecule has 3 rings (SSSR count). The average Bonchev–Trinajstić information content (AvgIpc) is 2.99. The number of rotatable bonds is 3. The molecule has 2 atom stereocenters. The highest BCUT2D eigenvalue weighted by molar-refractivity contribution is 4.97. The molecule has 0 aromatic carbocycles. The van der Waals surface area contributed by atoms with E-state index in [-0.39, 0.29) is 0 Å². The number of nitrogens with two attached hydrogens (primary N) is 1. The fourth-order valence-electron chi connectivity index (χ4n) is 2.97. The lowest BCUT2D eigenvalue weighted by atomic mass is 9.97. The maximum Gasteiger partial charge on any atom is 0.122 e. The van der Waals surface area contributed by atoms with Crippen LogP contribution in [0.25, 0.3) is 0 Å². The Morgan fingerprint density at radius 3 is 3.24 bits per heavy atom. The van der Waals surface area contributed by atoms with Gasteiger partial charge in [-0.2, -0.15) is 0 Å². The SMILES string of the molecule is NCC(C1CCOC1)N1CCn2ccnc2C1. The maximum absolute atomic E-state index is 5.95. The first-order chi connectivity index (χ1) is 8.38. The summed E-state index contributed by atoms with van der Waals surface area (Å²) in [5.41, 5.74) is 5.95. The molecule has 0 aliphatic carbocycles. The van der Waals surface area contributed by atoms with Crippen molar-refractivity contribution >= 4 is 0 Å². The Balaban J connectivity index is 1.71. The Morgan fingerprint density at radius 1 is 1.53 bits per heavy atom. The first-order valence-electron chi connectivity index (χ1n) is 6.40. The van der Waals surface area contributed by atoms with Gasteiger partial charge in [-0.15, -0.1) is 0 Å². The maximum atomic E-state index is 5.95. The second-order valence-corrected chi connectivity index (χ2v) is 4.93. The predicted octanol–water partition coefficient (Wildman–Crippen LogP) is 0.0625. The van der Waals surface area contributed by atoms with Crippen LogP contribution in [-0.4, -0.2) is 46.8 Å². The summed E-state index contributed by atoms with van der Waals surface area (Å²) < 4.78 is 7.71. The first-order valence-corrected chi connectivity index (χ1v) is 6.40. The zero-order valence-corrected chi connectivity index (χ0v) is 10.1. The minimum absolute atomic E-state index is 0.447. The Bertz CT molecular complexity index is 372. The van der Waals surface area contributed by atoms with Crippen molar-refractivity contribution in [3.8, 4) is 0 Å². The molecular formula is C12H20N4O. The molecule has 2 N–H and O–H groups in total. The van der Waals surface area contributed by atoms with Crippen molar-refractivity contribution in [1.29, 1.82) is 0 Å².